The van der Waals surface area contributed by atoms with Crippen molar-refractivity contribution < 1.29 is 38.1 Å². The van der Waals surface area contributed by atoms with Crippen molar-refractivity contribution in [2.24, 2.45) is 5.16 Å². The number of anilines is 1. The molecule has 232 valence electrons. The van der Waals surface area contributed by atoms with Gasteiger partial charge in [0.1, 0.15) is 17.1 Å². The number of halogens is 1. The van der Waals surface area contributed by atoms with Crippen molar-refractivity contribution in [3.63, 3.8) is 0 Å². The summed E-state index contributed by atoms with van der Waals surface area (Å²) in [5.74, 6) is -2.80. The van der Waals surface area contributed by atoms with Crippen LogP contribution in [-0.2, 0) is 32.3 Å². The van der Waals surface area contributed by atoms with Crippen LogP contribution in [-0.4, -0.2) is 77.9 Å². The van der Waals surface area contributed by atoms with Crippen molar-refractivity contribution in [3.05, 3.63) is 59.6 Å². The Morgan fingerprint density at radius 3 is 2.78 bits per heavy atom. The molecule has 5 rings (SSSR count). The number of alkyl halides is 1. The Bertz CT molecular complexity index is 1750. The number of carbonyl (C=O) groups is 4. The topological polar surface area (TPSA) is 245 Å². The van der Waals surface area contributed by atoms with Crippen LogP contribution in [0.1, 0.15) is 11.5 Å². The fraction of sp³-hybridized carbons (Fsp3) is 0.240. The number of urea groups is 1. The third-order valence-electron chi connectivity index (χ3n) is 6.56. The van der Waals surface area contributed by atoms with Crippen molar-refractivity contribution in [1.29, 1.82) is 5.26 Å². The van der Waals surface area contributed by atoms with Gasteiger partial charge in [-0.05, 0) is 17.2 Å². The number of hydrogen-bond donors (Lipinski definition) is 6. The SMILES string of the molecule is N#CNC(=O)NCc1cc(-c2cc[n+](CC3=C(C(=O)O)N4C(=O)C(NC(=O)C(=NOCF)c5nsc(N)n5)C4SC3)cc2)c[nH]1. The van der Waals surface area contributed by atoms with E-state index in [1.165, 1.54) is 11.8 Å². The van der Waals surface area contributed by atoms with Crippen LogP contribution in [0.15, 0.2) is 53.2 Å². The molecule has 5 heterocycles. The molecule has 0 aliphatic carbocycles. The standard InChI is InChI=1S/C25H22FN11O6S2/c26-10-43-34-16(19-33-24(28)45-35-19)20(38)32-17-21(39)37-18(23(40)41)14(9-44-22(17)37)8-36-3-1-12(2-4-36)13-5-15(29-6-13)7-30-25(42)31-11-27/h1-6,17,22H,7-10H2,(H6,28,30,31,32,33,35,38,40,41,42)/p+1. The molecule has 17 nitrogen and oxygen atoms in total. The molecular weight excluding hydrogens is 633 g/mol. The molecule has 0 saturated carbocycles. The van der Waals surface area contributed by atoms with Gasteiger partial charge in [-0.15, -0.1) is 11.8 Å². The van der Waals surface area contributed by atoms with Gasteiger partial charge in [0, 0.05) is 46.9 Å². The smallest absolute Gasteiger partial charge is 0.352 e. The average molecular weight is 657 g/mol. The van der Waals surface area contributed by atoms with Crippen molar-refractivity contribution in [2.75, 3.05) is 18.3 Å². The lowest BCUT2D eigenvalue weighted by Gasteiger charge is -2.49. The molecule has 1 saturated heterocycles. The molecule has 2 unspecified atom stereocenters. The summed E-state index contributed by atoms with van der Waals surface area (Å²) >= 11 is 2.06. The third kappa shape index (κ3) is 6.68. The minimum atomic E-state index is -1.32. The zero-order chi connectivity index (χ0) is 32.1. The van der Waals surface area contributed by atoms with E-state index in [4.69, 9.17) is 11.0 Å². The first-order valence-electron chi connectivity index (χ1n) is 12.9. The Kier molecular flexibility index (Phi) is 9.20. The van der Waals surface area contributed by atoms with Gasteiger partial charge in [0.25, 0.3) is 18.7 Å². The minimum absolute atomic E-state index is 0.0305. The number of carboxylic acid groups (broad SMARTS) is 1. The van der Waals surface area contributed by atoms with Crippen molar-refractivity contribution in [1.82, 2.24) is 35.2 Å². The highest BCUT2D eigenvalue weighted by Gasteiger charge is 2.55. The average Bonchev–Trinajstić information content (AvgIpc) is 3.68. The Morgan fingerprint density at radius 2 is 2.11 bits per heavy atom. The Balaban J connectivity index is 1.26. The van der Waals surface area contributed by atoms with Crippen LogP contribution in [0.4, 0.5) is 14.3 Å². The van der Waals surface area contributed by atoms with Crippen LogP contribution in [0.25, 0.3) is 11.1 Å². The summed E-state index contributed by atoms with van der Waals surface area (Å²) in [5, 5.41) is 28.2. The number of nitrogens with two attached hydrogens (primary N) is 1. The molecule has 0 bridgehead atoms. The second kappa shape index (κ2) is 13.4. The number of aromatic nitrogens is 4. The number of thioether (sulfide) groups is 1. The lowest BCUT2D eigenvalue weighted by molar-refractivity contribution is -0.689. The molecular formula is C25H23FN11O6S2+. The van der Waals surface area contributed by atoms with E-state index in [0.29, 0.717) is 5.57 Å². The van der Waals surface area contributed by atoms with E-state index in [0.717, 1.165) is 33.3 Å². The number of β-lactam (4-membered cyclic amide) rings is 1. The predicted octanol–water partition coefficient (Wildman–Crippen LogP) is -0.230. The van der Waals surface area contributed by atoms with Gasteiger partial charge in [-0.1, -0.05) is 5.16 Å². The summed E-state index contributed by atoms with van der Waals surface area (Å²) < 4.78 is 18.2. The lowest BCUT2D eigenvalue weighted by atomic mass is 10.0. The van der Waals surface area contributed by atoms with Gasteiger partial charge in [-0.2, -0.15) is 14.6 Å². The maximum absolute atomic E-state index is 13.1. The zero-order valence-electron chi connectivity index (χ0n) is 22.9. The maximum Gasteiger partial charge on any atom is 0.352 e. The second-order valence-corrected chi connectivity index (χ2v) is 11.2. The fourth-order valence-electron chi connectivity index (χ4n) is 4.57. The lowest BCUT2D eigenvalue weighted by Crippen LogP contribution is -2.71. The Labute approximate surface area is 261 Å². The van der Waals surface area contributed by atoms with E-state index in [-0.39, 0.29) is 35.5 Å². The summed E-state index contributed by atoms with van der Waals surface area (Å²) in [6.07, 6.45) is 6.84. The number of aromatic amines is 1. The highest BCUT2D eigenvalue weighted by molar-refractivity contribution is 8.00. The van der Waals surface area contributed by atoms with Crippen molar-refractivity contribution >= 4 is 58.0 Å². The van der Waals surface area contributed by atoms with Crippen LogP contribution < -0.4 is 26.3 Å². The molecule has 20 heteroatoms. The molecule has 4 amide bonds. The van der Waals surface area contributed by atoms with E-state index in [1.54, 1.807) is 29.4 Å². The molecule has 0 radical (unpaired) electrons. The number of H-pyrrole nitrogens is 1. The molecule has 3 aromatic heterocycles. The van der Waals surface area contributed by atoms with E-state index in [2.05, 4.69) is 35.0 Å². The summed E-state index contributed by atoms with van der Waals surface area (Å²) in [6, 6.07) is 3.81. The fourth-order valence-corrected chi connectivity index (χ4v) is 6.34. The number of rotatable bonds is 11. The molecule has 2 aliphatic heterocycles. The third-order valence-corrected chi connectivity index (χ3v) is 8.44. The van der Waals surface area contributed by atoms with Gasteiger partial charge in [0.2, 0.25) is 11.5 Å². The van der Waals surface area contributed by atoms with E-state index in [9.17, 15) is 28.7 Å². The van der Waals surface area contributed by atoms with Crippen LogP contribution in [0, 0.1) is 11.5 Å². The minimum Gasteiger partial charge on any atom is -0.477 e. The number of hydrogen-bond acceptors (Lipinski definition) is 12. The Hall–Kier alpha value is -5.55. The van der Waals surface area contributed by atoms with Gasteiger partial charge in [-0.25, -0.2) is 23.9 Å². The quantitative estimate of drug-likeness (QED) is 0.0393. The molecule has 3 aromatic rings. The second-order valence-electron chi connectivity index (χ2n) is 9.34. The normalized spacial score (nSPS) is 17.6. The maximum atomic E-state index is 13.1. The number of nitrogens with one attached hydrogen (secondary N) is 4. The predicted molar refractivity (Wildman–Crippen MR) is 155 cm³/mol. The summed E-state index contributed by atoms with van der Waals surface area (Å²) in [6.45, 7) is -0.948. The largest absolute Gasteiger partial charge is 0.477 e. The van der Waals surface area contributed by atoms with Gasteiger partial charge in [-0.3, -0.25) is 14.5 Å². The van der Waals surface area contributed by atoms with Gasteiger partial charge in [0.15, 0.2) is 30.3 Å². The number of aliphatic carboxylic acids is 1. The number of nitriles is 1. The monoisotopic (exact) mass is 656 g/mol. The first kappa shape index (κ1) is 30.9. The van der Waals surface area contributed by atoms with Crippen molar-refractivity contribution in [3.8, 4) is 17.3 Å². The van der Waals surface area contributed by atoms with Crippen LogP contribution in [0.3, 0.4) is 0 Å². The van der Waals surface area contributed by atoms with Gasteiger partial charge >= 0.3 is 12.0 Å². The first-order chi connectivity index (χ1) is 21.7. The number of pyridine rings is 1. The zero-order valence-corrected chi connectivity index (χ0v) is 24.5. The molecule has 2 atom stereocenters. The highest BCUT2D eigenvalue weighted by atomic mass is 32.2. The number of carboxylic acids is 1. The van der Waals surface area contributed by atoms with E-state index in [1.807, 2.05) is 23.5 Å². The van der Waals surface area contributed by atoms with E-state index < -0.39 is 47.8 Å². The summed E-state index contributed by atoms with van der Waals surface area (Å²) in [4.78, 5) is 62.1. The van der Waals surface area contributed by atoms with Gasteiger partial charge in [0.05, 0.1) is 6.54 Å². The number of carbonyl (C=O) groups excluding carboxylic acids is 3. The summed E-state index contributed by atoms with van der Waals surface area (Å²) in [5.41, 5.74) is 7.81. The molecule has 0 aromatic carbocycles. The van der Waals surface area contributed by atoms with Crippen molar-refractivity contribution in [2.45, 2.75) is 24.5 Å². The molecule has 0 spiro atoms. The van der Waals surface area contributed by atoms with Gasteiger partial charge < -0.3 is 31.3 Å². The number of nitrogen functional groups attached to an aromatic ring is 1. The highest BCUT2D eigenvalue weighted by Crippen LogP contribution is 2.40. The first-order valence-corrected chi connectivity index (χ1v) is 14.7. The number of amides is 4. The van der Waals surface area contributed by atoms with E-state index >= 15 is 0 Å². The number of fused-ring (bicyclic) bond motifs is 1. The molecule has 7 N–H and O–H groups in total. The Morgan fingerprint density at radius 1 is 1.33 bits per heavy atom. The molecule has 45 heavy (non-hydrogen) atoms. The number of oxime groups is 1. The molecule has 2 aliphatic rings. The number of nitrogens with zero attached hydrogens (tertiary/aromatic N) is 6. The molecule has 1 fully saturated rings. The summed E-state index contributed by atoms with van der Waals surface area (Å²) in [7, 11) is 0. The van der Waals surface area contributed by atoms with Crippen LogP contribution >= 0.6 is 23.3 Å². The van der Waals surface area contributed by atoms with Crippen LogP contribution in [0.5, 0.6) is 0 Å². The van der Waals surface area contributed by atoms with Crippen LogP contribution in [0.2, 0.25) is 0 Å².